The van der Waals surface area contributed by atoms with Gasteiger partial charge in [-0.2, -0.15) is 5.10 Å². The molecule has 3 aliphatic rings. The predicted octanol–water partition coefficient (Wildman–Crippen LogP) is 2.73. The zero-order valence-electron chi connectivity index (χ0n) is 24.4. The molecule has 1 saturated heterocycles. The summed E-state index contributed by atoms with van der Waals surface area (Å²) in [5, 5.41) is 11.2. The molecular formula is C31H37N7O4. The Balaban J connectivity index is 1.44. The molecule has 3 amide bonds. The van der Waals surface area contributed by atoms with Gasteiger partial charge in [0.05, 0.1) is 5.52 Å². The van der Waals surface area contributed by atoms with Gasteiger partial charge in [0.1, 0.15) is 24.1 Å². The fourth-order valence-electron chi connectivity index (χ4n) is 6.84. The normalized spacial score (nSPS) is 24.6. The third-order valence-corrected chi connectivity index (χ3v) is 9.15. The van der Waals surface area contributed by atoms with Crippen LogP contribution in [-0.2, 0) is 27.3 Å². The highest BCUT2D eigenvalue weighted by Gasteiger charge is 2.67. The van der Waals surface area contributed by atoms with E-state index in [-0.39, 0.29) is 41.5 Å². The van der Waals surface area contributed by atoms with E-state index < -0.39 is 6.04 Å². The number of nitrogens with one attached hydrogen (secondary N) is 2. The number of carbonyl (C=O) groups excluding carboxylic acids is 4. The first-order valence-electron chi connectivity index (χ1n) is 14.8. The lowest BCUT2D eigenvalue weighted by molar-refractivity contribution is -0.140. The summed E-state index contributed by atoms with van der Waals surface area (Å²) in [4.78, 5) is 62.7. The number of ketones is 1. The largest absolute Gasteiger partial charge is 0.357 e. The smallest absolute Gasteiger partial charge is 0.245 e. The number of nitrogens with zero attached hydrogens (tertiary/aromatic N) is 5. The van der Waals surface area contributed by atoms with Crippen LogP contribution in [0.4, 0.5) is 0 Å². The van der Waals surface area contributed by atoms with E-state index in [2.05, 4.69) is 31.8 Å². The Bertz CT molecular complexity index is 1580. The molecule has 0 spiro atoms. The Kier molecular flexibility index (Phi) is 7.28. The molecule has 1 saturated carbocycles. The number of amides is 3. The van der Waals surface area contributed by atoms with Crippen molar-refractivity contribution in [1.29, 1.82) is 0 Å². The quantitative estimate of drug-likeness (QED) is 0.461. The molecule has 42 heavy (non-hydrogen) atoms. The van der Waals surface area contributed by atoms with E-state index in [0.717, 1.165) is 60.7 Å². The van der Waals surface area contributed by atoms with Gasteiger partial charge in [-0.1, -0.05) is 12.8 Å². The van der Waals surface area contributed by atoms with Crippen LogP contribution >= 0.6 is 0 Å². The summed E-state index contributed by atoms with van der Waals surface area (Å²) in [7, 11) is 1.57. The van der Waals surface area contributed by atoms with Crippen LogP contribution in [-0.4, -0.2) is 73.8 Å². The van der Waals surface area contributed by atoms with Crippen molar-refractivity contribution in [2.75, 3.05) is 13.6 Å². The second kappa shape index (κ2) is 10.9. The van der Waals surface area contributed by atoms with Gasteiger partial charge in [0.2, 0.25) is 17.7 Å². The fourth-order valence-corrected chi connectivity index (χ4v) is 6.84. The summed E-state index contributed by atoms with van der Waals surface area (Å²) in [5.41, 5.74) is 3.50. The molecule has 11 nitrogen and oxygen atoms in total. The summed E-state index contributed by atoms with van der Waals surface area (Å²) in [6, 6.07) is 3.29. The summed E-state index contributed by atoms with van der Waals surface area (Å²) in [6.45, 7) is 3.69. The Morgan fingerprint density at radius 1 is 1.02 bits per heavy atom. The van der Waals surface area contributed by atoms with E-state index >= 15 is 0 Å². The van der Waals surface area contributed by atoms with Crippen LogP contribution in [0.3, 0.4) is 0 Å². The molecule has 4 heterocycles. The molecule has 2 bridgehead atoms. The number of hydrogen-bond donors (Lipinski definition) is 2. The molecule has 3 atom stereocenters. The van der Waals surface area contributed by atoms with Crippen molar-refractivity contribution in [1.82, 2.24) is 35.3 Å². The lowest BCUT2D eigenvalue weighted by Crippen LogP contribution is -2.48. The molecule has 6 rings (SSSR count). The number of likely N-dealkylation sites (N-methyl/N-ethyl adjacent to an activating group) is 1. The molecule has 2 aliphatic heterocycles. The van der Waals surface area contributed by atoms with E-state index in [4.69, 9.17) is 0 Å². The van der Waals surface area contributed by atoms with Crippen LogP contribution in [0.1, 0.15) is 73.7 Å². The third kappa shape index (κ3) is 5.05. The van der Waals surface area contributed by atoms with Gasteiger partial charge in [-0.3, -0.25) is 23.9 Å². The number of aryl methyl sites for hydroxylation is 2. The second-order valence-corrected chi connectivity index (χ2v) is 12.0. The van der Waals surface area contributed by atoms with Crippen LogP contribution in [0.2, 0.25) is 0 Å². The predicted molar refractivity (Wildman–Crippen MR) is 155 cm³/mol. The first kappa shape index (κ1) is 28.0. The van der Waals surface area contributed by atoms with Crippen molar-refractivity contribution in [2.24, 2.45) is 5.41 Å². The lowest BCUT2D eigenvalue weighted by Gasteiger charge is -2.26. The van der Waals surface area contributed by atoms with Crippen LogP contribution < -0.4 is 10.6 Å². The standard InChI is InChI=1S/C31H37N7O4/c1-18(39)28-23-11-21(22-14-33-19(2)34-15-22)10-20-8-6-4-5-7-9-26(40)35-17-31-12-24(30(42)32-3)38(25(31)13-31)27(41)16-37(36-28)29(20)23/h10-11,14-15,24-25H,4-9,12-13,16-17H2,1-3H3,(H,32,42)(H,35,40)/t24-,25+,31-/m0/s1. The van der Waals surface area contributed by atoms with Crippen LogP contribution in [0.25, 0.3) is 22.0 Å². The number of carbonyl (C=O) groups is 4. The first-order valence-corrected chi connectivity index (χ1v) is 14.8. The topological polar surface area (TPSA) is 139 Å². The van der Waals surface area contributed by atoms with Crippen molar-refractivity contribution in [2.45, 2.75) is 83.8 Å². The van der Waals surface area contributed by atoms with E-state index in [9.17, 15) is 19.2 Å². The number of rotatable bonds is 3. The van der Waals surface area contributed by atoms with Crippen LogP contribution in [0, 0.1) is 12.3 Å². The number of Topliss-reactive ketones (excluding diaryl/α,β-unsaturated/α-hetero) is 1. The highest BCUT2D eigenvalue weighted by molar-refractivity contribution is 6.07. The Morgan fingerprint density at radius 3 is 2.48 bits per heavy atom. The minimum Gasteiger partial charge on any atom is -0.357 e. The second-order valence-electron chi connectivity index (χ2n) is 12.0. The van der Waals surface area contributed by atoms with Crippen molar-refractivity contribution in [3.63, 3.8) is 0 Å². The molecule has 0 unspecified atom stereocenters. The highest BCUT2D eigenvalue weighted by Crippen LogP contribution is 2.59. The molecule has 1 aromatic carbocycles. The van der Waals surface area contributed by atoms with Crippen molar-refractivity contribution < 1.29 is 19.2 Å². The molecular weight excluding hydrogens is 534 g/mol. The minimum atomic E-state index is -0.612. The maximum absolute atomic E-state index is 14.0. The highest BCUT2D eigenvalue weighted by atomic mass is 16.2. The average molecular weight is 572 g/mol. The molecule has 1 aliphatic carbocycles. The zero-order chi connectivity index (χ0) is 29.6. The maximum atomic E-state index is 14.0. The number of benzene rings is 1. The number of aromatic nitrogens is 4. The van der Waals surface area contributed by atoms with E-state index in [1.54, 1.807) is 29.0 Å². The Morgan fingerprint density at radius 2 is 1.76 bits per heavy atom. The number of hydrogen-bond acceptors (Lipinski definition) is 7. The molecule has 2 N–H and O–H groups in total. The summed E-state index contributed by atoms with van der Waals surface area (Å²) >= 11 is 0. The van der Waals surface area contributed by atoms with Gasteiger partial charge < -0.3 is 15.5 Å². The Hall–Kier alpha value is -4.15. The summed E-state index contributed by atoms with van der Waals surface area (Å²) in [5.74, 6) is 0.0800. The zero-order valence-corrected chi connectivity index (χ0v) is 24.4. The van der Waals surface area contributed by atoms with Gasteiger partial charge in [-0.25, -0.2) is 9.97 Å². The summed E-state index contributed by atoms with van der Waals surface area (Å²) in [6.07, 6.45) is 9.55. The molecule has 3 aromatic rings. The number of piperidine rings is 1. The SMILES string of the molecule is CNC(=O)[C@@H]1C[C@]23CNC(=O)CCCCCCc4cc(-c5cnc(C)nc5)cc5c(C(C)=O)nn(c45)CC(=O)N1[C@@H]2C3. The molecule has 0 radical (unpaired) electrons. The molecule has 2 fully saturated rings. The summed E-state index contributed by atoms with van der Waals surface area (Å²) < 4.78 is 1.66. The van der Waals surface area contributed by atoms with E-state index in [0.29, 0.717) is 36.3 Å². The van der Waals surface area contributed by atoms with E-state index in [1.165, 1.54) is 6.92 Å². The van der Waals surface area contributed by atoms with Gasteiger partial charge in [0, 0.05) is 61.7 Å². The molecule has 11 heteroatoms. The Labute approximate surface area is 244 Å². The minimum absolute atomic E-state index is 0.0206. The van der Waals surface area contributed by atoms with Crippen LogP contribution in [0.5, 0.6) is 0 Å². The monoisotopic (exact) mass is 571 g/mol. The van der Waals surface area contributed by atoms with Gasteiger partial charge in [-0.05, 0) is 62.3 Å². The van der Waals surface area contributed by atoms with Gasteiger partial charge in [0.15, 0.2) is 5.78 Å². The fraction of sp³-hybridized carbons (Fsp3) is 0.516. The third-order valence-electron chi connectivity index (χ3n) is 9.15. The van der Waals surface area contributed by atoms with Gasteiger partial charge in [-0.15, -0.1) is 0 Å². The van der Waals surface area contributed by atoms with Gasteiger partial charge in [0.25, 0.3) is 0 Å². The molecule has 2 aromatic heterocycles. The van der Waals surface area contributed by atoms with E-state index in [1.807, 2.05) is 13.0 Å². The average Bonchev–Trinajstić information content (AvgIpc) is 3.38. The first-order chi connectivity index (χ1) is 20.2. The van der Waals surface area contributed by atoms with Crippen LogP contribution in [0.15, 0.2) is 24.5 Å². The van der Waals surface area contributed by atoms with Crippen molar-refractivity contribution in [3.8, 4) is 11.1 Å². The maximum Gasteiger partial charge on any atom is 0.245 e. The van der Waals surface area contributed by atoms with Crippen molar-refractivity contribution >= 4 is 34.4 Å². The van der Waals surface area contributed by atoms with Crippen molar-refractivity contribution in [3.05, 3.63) is 41.6 Å². The molecule has 220 valence electrons. The van der Waals surface area contributed by atoms with Gasteiger partial charge >= 0.3 is 0 Å². The lowest BCUT2D eigenvalue weighted by atomic mass is 9.96.